The molecule has 0 spiro atoms. The lowest BCUT2D eigenvalue weighted by atomic mass is 9.82. The molecule has 1 nitrogen and oxygen atoms in total. The summed E-state index contributed by atoms with van der Waals surface area (Å²) in [6.07, 6.45) is 14.1. The Kier molecular flexibility index (Phi) is 12.7. The first-order valence-electron chi connectivity index (χ1n) is 9.24. The third-order valence-corrected chi connectivity index (χ3v) is 4.59. The SMILES string of the molecule is CCCCCCCCCCC(C)(CC)CNCC(C)C. The predicted molar refractivity (Wildman–Crippen MR) is 93.3 cm³/mol. The third kappa shape index (κ3) is 11.8. The van der Waals surface area contributed by atoms with Gasteiger partial charge in [0.2, 0.25) is 0 Å². The number of rotatable bonds is 14. The highest BCUT2D eigenvalue weighted by Crippen LogP contribution is 2.28. The molecule has 0 saturated carbocycles. The maximum absolute atomic E-state index is 3.65. The Morgan fingerprint density at radius 1 is 0.850 bits per heavy atom. The summed E-state index contributed by atoms with van der Waals surface area (Å²) in [6.45, 7) is 14.0. The fraction of sp³-hybridized carbons (Fsp3) is 1.00. The van der Waals surface area contributed by atoms with Gasteiger partial charge in [0, 0.05) is 6.54 Å². The highest BCUT2D eigenvalue weighted by molar-refractivity contribution is 4.75. The molecule has 122 valence electrons. The van der Waals surface area contributed by atoms with E-state index in [4.69, 9.17) is 0 Å². The van der Waals surface area contributed by atoms with Gasteiger partial charge in [0.05, 0.1) is 0 Å². The molecule has 0 fully saturated rings. The molecule has 1 atom stereocenters. The van der Waals surface area contributed by atoms with Crippen LogP contribution in [0.4, 0.5) is 0 Å². The van der Waals surface area contributed by atoms with Crippen LogP contribution in [0.15, 0.2) is 0 Å². The van der Waals surface area contributed by atoms with E-state index >= 15 is 0 Å². The fourth-order valence-corrected chi connectivity index (χ4v) is 2.74. The molecule has 0 amide bonds. The molecule has 0 saturated heterocycles. The zero-order chi connectivity index (χ0) is 15.3. The maximum atomic E-state index is 3.65. The Morgan fingerprint density at radius 3 is 1.90 bits per heavy atom. The van der Waals surface area contributed by atoms with Gasteiger partial charge in [0.1, 0.15) is 0 Å². The Bertz CT molecular complexity index is 200. The first-order chi connectivity index (χ1) is 9.54. The molecule has 1 heteroatoms. The van der Waals surface area contributed by atoms with Gasteiger partial charge in [-0.1, -0.05) is 86.0 Å². The van der Waals surface area contributed by atoms with Gasteiger partial charge in [0.15, 0.2) is 0 Å². The molecule has 1 unspecified atom stereocenters. The molecule has 0 radical (unpaired) electrons. The monoisotopic (exact) mass is 283 g/mol. The molecule has 1 N–H and O–H groups in total. The molecule has 0 aliphatic heterocycles. The lowest BCUT2D eigenvalue weighted by Crippen LogP contribution is -2.33. The van der Waals surface area contributed by atoms with Gasteiger partial charge in [-0.15, -0.1) is 0 Å². The van der Waals surface area contributed by atoms with E-state index in [9.17, 15) is 0 Å². The third-order valence-electron chi connectivity index (χ3n) is 4.59. The lowest BCUT2D eigenvalue weighted by Gasteiger charge is -2.29. The Labute approximate surface area is 129 Å². The largest absolute Gasteiger partial charge is 0.316 e. The van der Waals surface area contributed by atoms with Crippen LogP contribution in [-0.4, -0.2) is 13.1 Å². The predicted octanol–water partition coefficient (Wildman–Crippen LogP) is 6.18. The second-order valence-corrected chi connectivity index (χ2v) is 7.41. The van der Waals surface area contributed by atoms with E-state index < -0.39 is 0 Å². The van der Waals surface area contributed by atoms with Gasteiger partial charge in [-0.3, -0.25) is 0 Å². The quantitative estimate of drug-likeness (QED) is 0.375. The van der Waals surface area contributed by atoms with Crippen molar-refractivity contribution in [1.29, 1.82) is 0 Å². The minimum absolute atomic E-state index is 0.511. The van der Waals surface area contributed by atoms with Crippen LogP contribution in [-0.2, 0) is 0 Å². The Morgan fingerprint density at radius 2 is 1.40 bits per heavy atom. The minimum Gasteiger partial charge on any atom is -0.316 e. The molecular formula is C19H41N. The van der Waals surface area contributed by atoms with Gasteiger partial charge in [-0.25, -0.2) is 0 Å². The molecule has 0 aromatic heterocycles. The van der Waals surface area contributed by atoms with E-state index in [2.05, 4.69) is 39.9 Å². The zero-order valence-corrected chi connectivity index (χ0v) is 15.1. The van der Waals surface area contributed by atoms with Crippen molar-refractivity contribution in [3.63, 3.8) is 0 Å². The first-order valence-corrected chi connectivity index (χ1v) is 9.24. The Balaban J connectivity index is 3.57. The van der Waals surface area contributed by atoms with E-state index in [-0.39, 0.29) is 0 Å². The summed E-state index contributed by atoms with van der Waals surface area (Å²) in [4.78, 5) is 0. The molecule has 20 heavy (non-hydrogen) atoms. The zero-order valence-electron chi connectivity index (χ0n) is 15.1. The highest BCUT2D eigenvalue weighted by atomic mass is 14.9. The van der Waals surface area contributed by atoms with E-state index in [1.165, 1.54) is 70.8 Å². The van der Waals surface area contributed by atoms with Gasteiger partial charge < -0.3 is 5.32 Å². The summed E-state index contributed by atoms with van der Waals surface area (Å²) in [7, 11) is 0. The smallest absolute Gasteiger partial charge is 0.000517 e. The summed E-state index contributed by atoms with van der Waals surface area (Å²) in [5.41, 5.74) is 0.511. The maximum Gasteiger partial charge on any atom is 0.000517 e. The summed E-state index contributed by atoms with van der Waals surface area (Å²) >= 11 is 0. The van der Waals surface area contributed by atoms with Crippen LogP contribution in [0.5, 0.6) is 0 Å². The van der Waals surface area contributed by atoms with Crippen LogP contribution in [0, 0.1) is 11.3 Å². The van der Waals surface area contributed by atoms with Gasteiger partial charge in [-0.2, -0.15) is 0 Å². The first kappa shape index (κ1) is 20.0. The fourth-order valence-electron chi connectivity index (χ4n) is 2.74. The molecule has 0 heterocycles. The van der Waals surface area contributed by atoms with Crippen LogP contribution in [0.3, 0.4) is 0 Å². The van der Waals surface area contributed by atoms with Crippen LogP contribution in [0.1, 0.15) is 98.8 Å². The van der Waals surface area contributed by atoms with Gasteiger partial charge in [0.25, 0.3) is 0 Å². The number of hydrogen-bond donors (Lipinski definition) is 1. The topological polar surface area (TPSA) is 12.0 Å². The summed E-state index contributed by atoms with van der Waals surface area (Å²) in [6, 6.07) is 0. The minimum atomic E-state index is 0.511. The van der Waals surface area contributed by atoms with Crippen molar-refractivity contribution in [3.05, 3.63) is 0 Å². The van der Waals surface area contributed by atoms with Crippen molar-refractivity contribution < 1.29 is 0 Å². The number of nitrogens with one attached hydrogen (secondary N) is 1. The Hall–Kier alpha value is -0.0400. The molecule has 0 aromatic carbocycles. The second-order valence-electron chi connectivity index (χ2n) is 7.41. The van der Waals surface area contributed by atoms with Crippen molar-refractivity contribution in [2.24, 2.45) is 11.3 Å². The summed E-state index contributed by atoms with van der Waals surface area (Å²) in [5, 5.41) is 3.65. The standard InChI is InChI=1S/C19H41N/c1-6-8-9-10-11-12-13-14-15-19(5,7-2)17-20-16-18(3)4/h18,20H,6-17H2,1-5H3. The average Bonchev–Trinajstić information content (AvgIpc) is 2.41. The molecule has 0 rings (SSSR count). The van der Waals surface area contributed by atoms with Crippen molar-refractivity contribution in [2.75, 3.05) is 13.1 Å². The van der Waals surface area contributed by atoms with Crippen LogP contribution >= 0.6 is 0 Å². The van der Waals surface area contributed by atoms with Crippen LogP contribution in [0.25, 0.3) is 0 Å². The van der Waals surface area contributed by atoms with Gasteiger partial charge >= 0.3 is 0 Å². The molecule has 0 aliphatic rings. The number of unbranched alkanes of at least 4 members (excludes halogenated alkanes) is 7. The molecule has 0 aliphatic carbocycles. The van der Waals surface area contributed by atoms with Crippen LogP contribution in [0.2, 0.25) is 0 Å². The lowest BCUT2D eigenvalue weighted by molar-refractivity contribution is 0.255. The summed E-state index contributed by atoms with van der Waals surface area (Å²) < 4.78 is 0. The molecule has 0 bridgehead atoms. The second kappa shape index (κ2) is 12.7. The summed E-state index contributed by atoms with van der Waals surface area (Å²) in [5.74, 6) is 0.763. The van der Waals surface area contributed by atoms with E-state index in [1.807, 2.05) is 0 Å². The van der Waals surface area contributed by atoms with Crippen molar-refractivity contribution in [3.8, 4) is 0 Å². The van der Waals surface area contributed by atoms with E-state index in [0.717, 1.165) is 12.5 Å². The number of hydrogen-bond acceptors (Lipinski definition) is 1. The molecule has 0 aromatic rings. The molecular weight excluding hydrogens is 242 g/mol. The van der Waals surface area contributed by atoms with Crippen LogP contribution < -0.4 is 5.32 Å². The van der Waals surface area contributed by atoms with Crippen molar-refractivity contribution in [1.82, 2.24) is 5.32 Å². The van der Waals surface area contributed by atoms with Crippen molar-refractivity contribution in [2.45, 2.75) is 98.8 Å². The highest BCUT2D eigenvalue weighted by Gasteiger charge is 2.20. The van der Waals surface area contributed by atoms with E-state index in [0.29, 0.717) is 5.41 Å². The van der Waals surface area contributed by atoms with E-state index in [1.54, 1.807) is 0 Å². The van der Waals surface area contributed by atoms with Crippen molar-refractivity contribution >= 4 is 0 Å². The normalized spacial score (nSPS) is 14.7. The average molecular weight is 284 g/mol. The van der Waals surface area contributed by atoms with Gasteiger partial charge in [-0.05, 0) is 30.7 Å².